The van der Waals surface area contributed by atoms with E-state index in [0.717, 1.165) is 34.2 Å². The molecule has 0 spiro atoms. The average Bonchev–Trinajstić information content (AvgIpc) is 2.43. The second-order valence-electron chi connectivity index (χ2n) is 5.42. The van der Waals surface area contributed by atoms with Gasteiger partial charge in [0.2, 0.25) is 5.82 Å². The molecule has 20 heavy (non-hydrogen) atoms. The molecule has 1 aliphatic rings. The predicted molar refractivity (Wildman–Crippen MR) is 77.8 cm³/mol. The highest BCUT2D eigenvalue weighted by Gasteiger charge is 2.23. The van der Waals surface area contributed by atoms with E-state index in [1.165, 1.54) is 20.5 Å². The first-order valence-corrected chi connectivity index (χ1v) is 6.80. The average molecular weight is 279 g/mol. The molecule has 1 atom stereocenters. The van der Waals surface area contributed by atoms with Crippen LogP contribution in [0.4, 0.5) is 5.82 Å². The Morgan fingerprint density at radius 3 is 2.60 bits per heavy atom. The van der Waals surface area contributed by atoms with Crippen LogP contribution < -0.4 is 11.2 Å². The molecule has 1 aromatic heterocycles. The van der Waals surface area contributed by atoms with E-state index in [1.807, 2.05) is 14.1 Å². The Bertz CT molecular complexity index is 641. The largest absolute Gasteiger partial charge is 0.346 e. The molecule has 0 saturated heterocycles. The normalized spacial score (nSPS) is 21.6. The molecule has 1 aromatic rings. The molecule has 0 N–H and O–H groups in total. The van der Waals surface area contributed by atoms with Gasteiger partial charge in [-0.05, 0) is 33.4 Å². The molecule has 1 heterocycles. The van der Waals surface area contributed by atoms with Crippen LogP contribution >= 0.6 is 0 Å². The molecule has 0 aromatic carbocycles. The lowest BCUT2D eigenvalue weighted by Crippen LogP contribution is -2.40. The monoisotopic (exact) mass is 279 g/mol. The Morgan fingerprint density at radius 2 is 1.95 bits per heavy atom. The summed E-state index contributed by atoms with van der Waals surface area (Å²) in [6, 6.07) is 0.243. The van der Waals surface area contributed by atoms with Gasteiger partial charge in [0.25, 0.3) is 0 Å². The van der Waals surface area contributed by atoms with Gasteiger partial charge in [0.05, 0.1) is 0 Å². The van der Waals surface area contributed by atoms with Gasteiger partial charge in [-0.15, -0.1) is 5.10 Å². The predicted octanol–water partition coefficient (Wildman–Crippen LogP) is 0.0557. The highest BCUT2D eigenvalue weighted by Crippen LogP contribution is 2.20. The summed E-state index contributed by atoms with van der Waals surface area (Å²) in [5.41, 5.74) is 0.0972. The fourth-order valence-corrected chi connectivity index (χ4v) is 2.55. The molecule has 2 rings (SSSR count). The number of aryl methyl sites for hydroxylation is 1. The molecule has 1 aliphatic carbocycles. The van der Waals surface area contributed by atoms with E-state index < -0.39 is 11.2 Å². The minimum atomic E-state index is -0.441. The molecular weight excluding hydrogens is 258 g/mol. The zero-order valence-corrected chi connectivity index (χ0v) is 12.5. The van der Waals surface area contributed by atoms with Crippen LogP contribution in [0, 0.1) is 0 Å². The molecule has 0 bridgehead atoms. The fraction of sp³-hybridized carbons (Fsp3) is 0.692. The molecule has 7 heteroatoms. The molecule has 1 fully saturated rings. The van der Waals surface area contributed by atoms with Crippen molar-refractivity contribution in [3.63, 3.8) is 0 Å². The first kappa shape index (κ1) is 14.6. The number of aromatic nitrogens is 3. The molecule has 0 unspecified atom stereocenters. The Labute approximate surface area is 117 Å². The summed E-state index contributed by atoms with van der Waals surface area (Å²) in [5, 5.41) is 3.99. The van der Waals surface area contributed by atoms with Crippen LogP contribution in [0.25, 0.3) is 0 Å². The maximum Gasteiger partial charge on any atom is 0.346 e. The lowest BCUT2D eigenvalue weighted by Gasteiger charge is -2.29. The smallest absolute Gasteiger partial charge is 0.301 e. The van der Waals surface area contributed by atoms with Gasteiger partial charge >= 0.3 is 11.2 Å². The van der Waals surface area contributed by atoms with Crippen molar-refractivity contribution in [3.05, 3.63) is 20.8 Å². The Kier molecular flexibility index (Phi) is 4.17. The summed E-state index contributed by atoms with van der Waals surface area (Å²) in [6.07, 6.45) is 4.16. The van der Waals surface area contributed by atoms with E-state index in [1.54, 1.807) is 0 Å². The highest BCUT2D eigenvalue weighted by molar-refractivity contribution is 5.91. The Balaban J connectivity index is 2.49. The SMILES string of the molecule is CN(C)[C@@H]1CCCCC1=Nc1nn(C)c(=O)n(C)c1=O. The van der Waals surface area contributed by atoms with Crippen molar-refractivity contribution in [2.75, 3.05) is 14.1 Å². The molecule has 1 saturated carbocycles. The van der Waals surface area contributed by atoms with Crippen LogP contribution in [0.3, 0.4) is 0 Å². The van der Waals surface area contributed by atoms with Crippen molar-refractivity contribution in [2.24, 2.45) is 19.1 Å². The standard InChI is InChI=1S/C13H21N5O2/c1-16(2)10-8-6-5-7-9(10)14-11-12(19)17(3)13(20)18(4)15-11/h10H,5-8H2,1-4H3/t10-/m1/s1. The highest BCUT2D eigenvalue weighted by atomic mass is 16.2. The summed E-state index contributed by atoms with van der Waals surface area (Å²) >= 11 is 0. The quantitative estimate of drug-likeness (QED) is 0.767. The minimum absolute atomic E-state index is 0.0957. The Morgan fingerprint density at radius 1 is 1.25 bits per heavy atom. The summed E-state index contributed by atoms with van der Waals surface area (Å²) in [5.74, 6) is 0.0957. The Hall–Kier alpha value is -1.76. The zero-order valence-electron chi connectivity index (χ0n) is 12.5. The van der Waals surface area contributed by atoms with Crippen LogP contribution in [-0.2, 0) is 14.1 Å². The molecule has 110 valence electrons. The van der Waals surface area contributed by atoms with Gasteiger partial charge in [-0.3, -0.25) is 9.36 Å². The molecule has 0 amide bonds. The number of hydrogen-bond donors (Lipinski definition) is 0. The van der Waals surface area contributed by atoms with E-state index in [9.17, 15) is 9.59 Å². The maximum atomic E-state index is 12.1. The number of nitrogens with zero attached hydrogens (tertiary/aromatic N) is 5. The van der Waals surface area contributed by atoms with Gasteiger partial charge in [-0.1, -0.05) is 6.42 Å². The summed E-state index contributed by atoms with van der Waals surface area (Å²) in [4.78, 5) is 30.2. The van der Waals surface area contributed by atoms with E-state index in [0.29, 0.717) is 0 Å². The van der Waals surface area contributed by atoms with Crippen molar-refractivity contribution in [3.8, 4) is 0 Å². The van der Waals surface area contributed by atoms with Crippen LogP contribution in [0.15, 0.2) is 14.6 Å². The fourth-order valence-electron chi connectivity index (χ4n) is 2.55. The van der Waals surface area contributed by atoms with Gasteiger partial charge in [0, 0.05) is 25.8 Å². The number of rotatable bonds is 2. The number of hydrogen-bond acceptors (Lipinski definition) is 5. The molecule has 0 aliphatic heterocycles. The van der Waals surface area contributed by atoms with Gasteiger partial charge < -0.3 is 4.90 Å². The summed E-state index contributed by atoms with van der Waals surface area (Å²) < 4.78 is 2.19. The van der Waals surface area contributed by atoms with Crippen molar-refractivity contribution in [1.29, 1.82) is 0 Å². The third-order valence-electron chi connectivity index (χ3n) is 3.72. The number of aliphatic imine (C=N–C) groups is 1. The molecule has 0 radical (unpaired) electrons. The van der Waals surface area contributed by atoms with Crippen LogP contribution in [0.1, 0.15) is 25.7 Å². The van der Waals surface area contributed by atoms with Gasteiger partial charge in [0.1, 0.15) is 0 Å². The van der Waals surface area contributed by atoms with Crippen molar-refractivity contribution in [2.45, 2.75) is 31.7 Å². The first-order valence-electron chi connectivity index (χ1n) is 6.80. The summed E-state index contributed by atoms with van der Waals surface area (Å²) in [7, 11) is 6.99. The lowest BCUT2D eigenvalue weighted by atomic mass is 9.92. The van der Waals surface area contributed by atoms with Gasteiger partial charge in [-0.2, -0.15) is 0 Å². The maximum absolute atomic E-state index is 12.1. The molecular formula is C13H21N5O2. The second-order valence-corrected chi connectivity index (χ2v) is 5.42. The van der Waals surface area contributed by atoms with Crippen molar-refractivity contribution >= 4 is 11.5 Å². The van der Waals surface area contributed by atoms with E-state index in [2.05, 4.69) is 15.0 Å². The first-order chi connectivity index (χ1) is 9.41. The minimum Gasteiger partial charge on any atom is -0.301 e. The van der Waals surface area contributed by atoms with E-state index in [-0.39, 0.29) is 11.9 Å². The topological polar surface area (TPSA) is 72.5 Å². The van der Waals surface area contributed by atoms with Gasteiger partial charge in [-0.25, -0.2) is 14.5 Å². The molecule has 7 nitrogen and oxygen atoms in total. The van der Waals surface area contributed by atoms with Crippen LogP contribution in [0.5, 0.6) is 0 Å². The van der Waals surface area contributed by atoms with Crippen LogP contribution in [-0.4, -0.2) is 45.1 Å². The zero-order chi connectivity index (χ0) is 14.9. The third-order valence-corrected chi connectivity index (χ3v) is 3.72. The summed E-state index contributed by atoms with van der Waals surface area (Å²) in [6.45, 7) is 0. The van der Waals surface area contributed by atoms with Crippen LogP contribution in [0.2, 0.25) is 0 Å². The second kappa shape index (κ2) is 5.70. The lowest BCUT2D eigenvalue weighted by molar-refractivity contribution is 0.323. The van der Waals surface area contributed by atoms with E-state index >= 15 is 0 Å². The van der Waals surface area contributed by atoms with Crippen molar-refractivity contribution in [1.82, 2.24) is 19.2 Å². The van der Waals surface area contributed by atoms with Gasteiger partial charge in [0.15, 0.2) is 0 Å². The van der Waals surface area contributed by atoms with Crippen molar-refractivity contribution < 1.29 is 0 Å². The third kappa shape index (κ3) is 2.72. The van der Waals surface area contributed by atoms with E-state index in [4.69, 9.17) is 0 Å².